The van der Waals surface area contributed by atoms with Gasteiger partial charge in [0.15, 0.2) is 21.3 Å². The fourth-order valence-electron chi connectivity index (χ4n) is 2.14. The first-order valence-corrected chi connectivity index (χ1v) is 8.20. The molecular formula is C16H18O5S. The van der Waals surface area contributed by atoms with Gasteiger partial charge < -0.3 is 14.6 Å². The zero-order valence-corrected chi connectivity index (χ0v) is 13.4. The molecule has 0 aromatic heterocycles. The molecule has 0 spiro atoms. The minimum atomic E-state index is -3.55. The van der Waals surface area contributed by atoms with Crippen LogP contribution in [-0.2, 0) is 9.84 Å². The number of sulfone groups is 1. The Labute approximate surface area is 130 Å². The summed E-state index contributed by atoms with van der Waals surface area (Å²) in [6, 6.07) is 11.2. The van der Waals surface area contributed by atoms with E-state index in [1.165, 1.54) is 26.4 Å². The molecule has 0 heterocycles. The van der Waals surface area contributed by atoms with Crippen molar-refractivity contribution in [3.63, 3.8) is 0 Å². The maximum absolute atomic E-state index is 12.7. The number of methoxy groups -OCH3 is 2. The third kappa shape index (κ3) is 2.87. The quantitative estimate of drug-likeness (QED) is 0.916. The predicted octanol–water partition coefficient (Wildman–Crippen LogP) is 2.94. The van der Waals surface area contributed by atoms with E-state index < -0.39 is 15.1 Å². The number of phenols is 1. The van der Waals surface area contributed by atoms with Crippen molar-refractivity contribution in [2.24, 2.45) is 0 Å². The lowest BCUT2D eigenvalue weighted by atomic mass is 10.1. The van der Waals surface area contributed by atoms with Gasteiger partial charge >= 0.3 is 0 Å². The predicted molar refractivity (Wildman–Crippen MR) is 83.3 cm³/mol. The molecule has 0 aliphatic carbocycles. The Balaban J connectivity index is 2.52. The van der Waals surface area contributed by atoms with Crippen molar-refractivity contribution in [1.82, 2.24) is 0 Å². The second-order valence-corrected chi connectivity index (χ2v) is 7.04. The molecule has 1 atom stereocenters. The van der Waals surface area contributed by atoms with Crippen LogP contribution in [0.3, 0.4) is 0 Å². The van der Waals surface area contributed by atoms with E-state index in [-0.39, 0.29) is 22.1 Å². The van der Waals surface area contributed by atoms with Gasteiger partial charge in [-0.3, -0.25) is 0 Å². The van der Waals surface area contributed by atoms with Crippen molar-refractivity contribution >= 4 is 9.84 Å². The van der Waals surface area contributed by atoms with E-state index in [4.69, 9.17) is 9.47 Å². The number of ether oxygens (including phenoxy) is 2. The second kappa shape index (κ2) is 6.27. The van der Waals surface area contributed by atoms with E-state index in [2.05, 4.69) is 0 Å². The number of benzene rings is 2. The first kappa shape index (κ1) is 16.2. The fraction of sp³-hybridized carbons (Fsp3) is 0.250. The summed E-state index contributed by atoms with van der Waals surface area (Å²) in [5, 5.41) is 9.11. The molecule has 118 valence electrons. The summed E-state index contributed by atoms with van der Waals surface area (Å²) < 4.78 is 35.5. The Hall–Kier alpha value is -2.21. The maximum atomic E-state index is 12.7. The second-order valence-electron chi connectivity index (χ2n) is 4.77. The summed E-state index contributed by atoms with van der Waals surface area (Å²) >= 11 is 0. The molecule has 1 N–H and O–H groups in total. The standard InChI is InChI=1S/C16H18O5S/c1-11(22(18,19)13-7-5-4-6-8-13)12-9-14(20-2)16(17)15(10-12)21-3/h4-11,17H,1-3H3. The van der Waals surface area contributed by atoms with Crippen LogP contribution < -0.4 is 9.47 Å². The SMILES string of the molecule is COc1cc(C(C)S(=O)(=O)c2ccccc2)cc(OC)c1O. The Morgan fingerprint density at radius 1 is 1.00 bits per heavy atom. The van der Waals surface area contributed by atoms with Crippen LogP contribution in [0.5, 0.6) is 17.2 Å². The van der Waals surface area contributed by atoms with Crippen LogP contribution >= 0.6 is 0 Å². The van der Waals surface area contributed by atoms with Crippen LogP contribution in [0.4, 0.5) is 0 Å². The Morgan fingerprint density at radius 2 is 1.50 bits per heavy atom. The van der Waals surface area contributed by atoms with Gasteiger partial charge in [-0.25, -0.2) is 8.42 Å². The lowest BCUT2D eigenvalue weighted by Crippen LogP contribution is -2.11. The molecule has 0 radical (unpaired) electrons. The van der Waals surface area contributed by atoms with Gasteiger partial charge in [-0.1, -0.05) is 18.2 Å². The van der Waals surface area contributed by atoms with Crippen LogP contribution in [0.25, 0.3) is 0 Å². The zero-order valence-electron chi connectivity index (χ0n) is 12.6. The molecule has 5 nitrogen and oxygen atoms in total. The van der Waals surface area contributed by atoms with Gasteiger partial charge in [-0.2, -0.15) is 0 Å². The minimum Gasteiger partial charge on any atom is -0.502 e. The lowest BCUT2D eigenvalue weighted by Gasteiger charge is -2.17. The zero-order chi connectivity index (χ0) is 16.3. The van der Waals surface area contributed by atoms with E-state index in [1.54, 1.807) is 37.3 Å². The largest absolute Gasteiger partial charge is 0.502 e. The first-order valence-electron chi connectivity index (χ1n) is 6.65. The van der Waals surface area contributed by atoms with Crippen LogP contribution in [0, 0.1) is 0 Å². The average Bonchev–Trinajstić information content (AvgIpc) is 2.55. The summed E-state index contributed by atoms with van der Waals surface area (Å²) in [7, 11) is -0.753. The molecule has 0 aliphatic heterocycles. The van der Waals surface area contributed by atoms with Gasteiger partial charge in [0.05, 0.1) is 24.4 Å². The molecule has 0 bridgehead atoms. The number of hydrogen-bond acceptors (Lipinski definition) is 5. The van der Waals surface area contributed by atoms with Gasteiger partial charge in [0.25, 0.3) is 0 Å². The topological polar surface area (TPSA) is 72.8 Å². The monoisotopic (exact) mass is 322 g/mol. The van der Waals surface area contributed by atoms with Gasteiger partial charge in [-0.15, -0.1) is 0 Å². The van der Waals surface area contributed by atoms with Crippen molar-refractivity contribution < 1.29 is 23.0 Å². The van der Waals surface area contributed by atoms with E-state index >= 15 is 0 Å². The summed E-state index contributed by atoms with van der Waals surface area (Å²) in [6.45, 7) is 1.59. The number of aromatic hydroxyl groups is 1. The van der Waals surface area contributed by atoms with Crippen molar-refractivity contribution in [3.05, 3.63) is 48.0 Å². The number of rotatable bonds is 5. The van der Waals surface area contributed by atoms with Crippen molar-refractivity contribution in [2.75, 3.05) is 14.2 Å². The molecule has 6 heteroatoms. The Bertz CT molecular complexity index is 728. The Morgan fingerprint density at radius 3 is 1.95 bits per heavy atom. The fourth-order valence-corrected chi connectivity index (χ4v) is 3.58. The highest BCUT2D eigenvalue weighted by Gasteiger charge is 2.26. The first-order chi connectivity index (χ1) is 10.4. The highest BCUT2D eigenvalue weighted by Crippen LogP contribution is 2.41. The van der Waals surface area contributed by atoms with Crippen molar-refractivity contribution in [2.45, 2.75) is 17.1 Å². The van der Waals surface area contributed by atoms with Gasteiger partial charge in [0.2, 0.25) is 5.75 Å². The summed E-state index contributed by atoms with van der Waals surface area (Å²) in [5.41, 5.74) is 0.482. The molecule has 0 saturated heterocycles. The van der Waals surface area contributed by atoms with Gasteiger partial charge in [-0.05, 0) is 36.8 Å². The Kier molecular flexibility index (Phi) is 4.61. The third-order valence-electron chi connectivity index (χ3n) is 3.51. The lowest BCUT2D eigenvalue weighted by molar-refractivity contribution is 0.339. The van der Waals surface area contributed by atoms with E-state index in [1.807, 2.05) is 0 Å². The average molecular weight is 322 g/mol. The molecule has 0 fully saturated rings. The minimum absolute atomic E-state index is 0.155. The van der Waals surface area contributed by atoms with Gasteiger partial charge in [0, 0.05) is 0 Å². The molecule has 0 amide bonds. The molecule has 2 rings (SSSR count). The van der Waals surface area contributed by atoms with Crippen LogP contribution in [-0.4, -0.2) is 27.7 Å². The summed E-state index contributed by atoms with van der Waals surface area (Å²) in [6.07, 6.45) is 0. The highest BCUT2D eigenvalue weighted by molar-refractivity contribution is 7.91. The normalized spacial score (nSPS) is 12.7. The molecule has 0 saturated carbocycles. The van der Waals surface area contributed by atoms with E-state index in [9.17, 15) is 13.5 Å². The summed E-state index contributed by atoms with van der Waals surface area (Å²) in [5.74, 6) is 0.187. The third-order valence-corrected chi connectivity index (χ3v) is 5.64. The molecular weight excluding hydrogens is 304 g/mol. The van der Waals surface area contributed by atoms with Crippen molar-refractivity contribution in [1.29, 1.82) is 0 Å². The van der Waals surface area contributed by atoms with Gasteiger partial charge in [0.1, 0.15) is 0 Å². The maximum Gasteiger partial charge on any atom is 0.200 e. The number of hydrogen-bond donors (Lipinski definition) is 1. The van der Waals surface area contributed by atoms with E-state index in [0.29, 0.717) is 5.56 Å². The number of phenolic OH excluding ortho intramolecular Hbond substituents is 1. The van der Waals surface area contributed by atoms with Crippen molar-refractivity contribution in [3.8, 4) is 17.2 Å². The molecule has 22 heavy (non-hydrogen) atoms. The molecule has 2 aromatic carbocycles. The van der Waals surface area contributed by atoms with Crippen LogP contribution in [0.2, 0.25) is 0 Å². The molecule has 2 aromatic rings. The summed E-state index contributed by atoms with van der Waals surface area (Å²) in [4.78, 5) is 0.244. The van der Waals surface area contributed by atoms with Crippen LogP contribution in [0.15, 0.2) is 47.4 Å². The van der Waals surface area contributed by atoms with E-state index in [0.717, 1.165) is 0 Å². The molecule has 0 aliphatic rings. The van der Waals surface area contributed by atoms with Crippen LogP contribution in [0.1, 0.15) is 17.7 Å². The smallest absolute Gasteiger partial charge is 0.200 e. The highest BCUT2D eigenvalue weighted by atomic mass is 32.2. The molecule has 1 unspecified atom stereocenters.